The van der Waals surface area contributed by atoms with E-state index in [0.717, 1.165) is 16.7 Å². The topological polar surface area (TPSA) is 52.6 Å². The van der Waals surface area contributed by atoms with E-state index in [-0.39, 0.29) is 30.7 Å². The van der Waals surface area contributed by atoms with Gasteiger partial charge < -0.3 is 9.47 Å². The molecular weight excluding hydrogens is 328 g/mol. The van der Waals surface area contributed by atoms with Crippen LogP contribution in [0.1, 0.15) is 36.8 Å². The molecule has 4 heteroatoms. The summed E-state index contributed by atoms with van der Waals surface area (Å²) in [7, 11) is 2.70. The number of rotatable bonds is 7. The molecule has 1 unspecified atom stereocenters. The normalized spacial score (nSPS) is 11.3. The lowest BCUT2D eigenvalue weighted by molar-refractivity contribution is -0.140. The second-order valence-electron chi connectivity index (χ2n) is 6.02. The fourth-order valence-electron chi connectivity index (χ4n) is 3.03. The Bertz CT molecular complexity index is 743. The summed E-state index contributed by atoms with van der Waals surface area (Å²) in [5.74, 6) is -0.752. The molecule has 0 aliphatic heterocycles. The van der Waals surface area contributed by atoms with Gasteiger partial charge in [0.1, 0.15) is 0 Å². The molecule has 0 amide bonds. The molecule has 0 aromatic heterocycles. The van der Waals surface area contributed by atoms with Gasteiger partial charge in [0.25, 0.3) is 0 Å². The SMILES string of the molecule is COC(=O)CC(CC(=O)OC)=C(c1ccccc1)C(C)c1ccccc1. The Hall–Kier alpha value is -2.88. The van der Waals surface area contributed by atoms with Gasteiger partial charge in [0.05, 0.1) is 27.1 Å². The van der Waals surface area contributed by atoms with Crippen molar-refractivity contribution in [3.63, 3.8) is 0 Å². The zero-order valence-electron chi connectivity index (χ0n) is 15.4. The van der Waals surface area contributed by atoms with Gasteiger partial charge in [-0.15, -0.1) is 0 Å². The number of carbonyl (C=O) groups excluding carboxylic acids is 2. The van der Waals surface area contributed by atoms with Crippen LogP contribution in [-0.4, -0.2) is 26.2 Å². The summed E-state index contributed by atoms with van der Waals surface area (Å²) in [4.78, 5) is 24.0. The largest absolute Gasteiger partial charge is 0.469 e. The lowest BCUT2D eigenvalue weighted by atomic mass is 9.83. The van der Waals surface area contributed by atoms with Crippen molar-refractivity contribution in [2.75, 3.05) is 14.2 Å². The molecular formula is C22H24O4. The minimum absolute atomic E-state index is 0.00270. The third kappa shape index (κ3) is 5.06. The van der Waals surface area contributed by atoms with Crippen molar-refractivity contribution >= 4 is 17.5 Å². The summed E-state index contributed by atoms with van der Waals surface area (Å²) in [5, 5.41) is 0. The fraction of sp³-hybridized carbons (Fsp3) is 0.273. The summed E-state index contributed by atoms with van der Waals surface area (Å²) in [6.07, 6.45) is 0.0972. The molecule has 0 spiro atoms. The Kier molecular flexibility index (Phi) is 7.15. The minimum Gasteiger partial charge on any atom is -0.469 e. The van der Waals surface area contributed by atoms with Crippen LogP contribution in [0.25, 0.3) is 5.57 Å². The van der Waals surface area contributed by atoms with Crippen molar-refractivity contribution in [2.24, 2.45) is 0 Å². The molecule has 1 atom stereocenters. The first-order valence-corrected chi connectivity index (χ1v) is 8.52. The molecule has 26 heavy (non-hydrogen) atoms. The molecule has 2 rings (SSSR count). The third-order valence-electron chi connectivity index (χ3n) is 4.37. The van der Waals surface area contributed by atoms with Gasteiger partial charge >= 0.3 is 11.9 Å². The smallest absolute Gasteiger partial charge is 0.309 e. The number of methoxy groups -OCH3 is 2. The average molecular weight is 352 g/mol. The summed E-state index contributed by atoms with van der Waals surface area (Å²) in [6.45, 7) is 2.08. The zero-order valence-corrected chi connectivity index (χ0v) is 15.4. The molecule has 0 N–H and O–H groups in total. The summed E-state index contributed by atoms with van der Waals surface area (Å²) in [5.41, 5.74) is 3.75. The molecule has 2 aromatic rings. The third-order valence-corrected chi connectivity index (χ3v) is 4.37. The second kappa shape index (κ2) is 9.56. The standard InChI is InChI=1S/C22H24O4/c1-16(17-10-6-4-7-11-17)22(18-12-8-5-9-13-18)19(14-20(23)25-2)15-21(24)26-3/h4-13,16H,14-15H2,1-3H3. The highest BCUT2D eigenvalue weighted by molar-refractivity contribution is 5.85. The number of benzene rings is 2. The predicted octanol–water partition coefficient (Wildman–Crippen LogP) is 4.37. The van der Waals surface area contributed by atoms with Crippen molar-refractivity contribution in [3.05, 3.63) is 77.4 Å². The molecule has 0 aliphatic carbocycles. The highest BCUT2D eigenvalue weighted by Crippen LogP contribution is 2.36. The van der Waals surface area contributed by atoms with E-state index in [1.807, 2.05) is 60.7 Å². The Morgan fingerprint density at radius 3 is 1.73 bits per heavy atom. The van der Waals surface area contributed by atoms with Crippen LogP contribution < -0.4 is 0 Å². The van der Waals surface area contributed by atoms with Crippen LogP contribution in [0.5, 0.6) is 0 Å². The van der Waals surface area contributed by atoms with Gasteiger partial charge in [-0.3, -0.25) is 9.59 Å². The maximum Gasteiger partial charge on any atom is 0.309 e. The van der Waals surface area contributed by atoms with Crippen molar-refractivity contribution in [1.82, 2.24) is 0 Å². The van der Waals surface area contributed by atoms with Crippen LogP contribution in [0.4, 0.5) is 0 Å². The van der Waals surface area contributed by atoms with Gasteiger partial charge in [0, 0.05) is 5.92 Å². The van der Waals surface area contributed by atoms with Crippen LogP contribution in [0, 0.1) is 0 Å². The molecule has 0 bridgehead atoms. The number of hydrogen-bond acceptors (Lipinski definition) is 4. The Labute approximate surface area is 154 Å². The Balaban J connectivity index is 2.61. The van der Waals surface area contributed by atoms with E-state index in [4.69, 9.17) is 9.47 Å². The molecule has 0 saturated carbocycles. The van der Waals surface area contributed by atoms with Gasteiger partial charge in [0.2, 0.25) is 0 Å². The number of allylic oxidation sites excluding steroid dienone is 1. The minimum atomic E-state index is -0.377. The molecule has 0 heterocycles. The van der Waals surface area contributed by atoms with Gasteiger partial charge in [-0.2, -0.15) is 0 Å². The molecule has 0 radical (unpaired) electrons. The first-order valence-electron chi connectivity index (χ1n) is 8.52. The highest BCUT2D eigenvalue weighted by atomic mass is 16.5. The number of ether oxygens (including phenoxy) is 2. The lowest BCUT2D eigenvalue weighted by Crippen LogP contribution is -2.12. The average Bonchev–Trinajstić information content (AvgIpc) is 2.69. The van der Waals surface area contributed by atoms with Crippen LogP contribution in [-0.2, 0) is 19.1 Å². The first-order chi connectivity index (χ1) is 12.6. The van der Waals surface area contributed by atoms with Crippen molar-refractivity contribution in [3.8, 4) is 0 Å². The van der Waals surface area contributed by atoms with Crippen LogP contribution in [0.3, 0.4) is 0 Å². The summed E-state index contributed by atoms with van der Waals surface area (Å²) >= 11 is 0. The molecule has 4 nitrogen and oxygen atoms in total. The molecule has 0 saturated heterocycles. The van der Waals surface area contributed by atoms with E-state index in [2.05, 4.69) is 6.92 Å². The van der Waals surface area contributed by atoms with Gasteiger partial charge in [-0.1, -0.05) is 67.6 Å². The van der Waals surface area contributed by atoms with Gasteiger partial charge in [0.15, 0.2) is 0 Å². The first kappa shape index (κ1) is 19.4. The van der Waals surface area contributed by atoms with E-state index < -0.39 is 0 Å². The fourth-order valence-corrected chi connectivity index (χ4v) is 3.03. The molecule has 136 valence electrons. The van der Waals surface area contributed by atoms with Crippen LogP contribution >= 0.6 is 0 Å². The molecule has 0 fully saturated rings. The van der Waals surface area contributed by atoms with E-state index in [9.17, 15) is 9.59 Å². The number of hydrogen-bond donors (Lipinski definition) is 0. The monoisotopic (exact) mass is 352 g/mol. The van der Waals surface area contributed by atoms with Gasteiger partial charge in [-0.05, 0) is 22.3 Å². The van der Waals surface area contributed by atoms with E-state index in [1.54, 1.807) is 0 Å². The maximum atomic E-state index is 12.0. The van der Waals surface area contributed by atoms with Crippen molar-refractivity contribution < 1.29 is 19.1 Å². The van der Waals surface area contributed by atoms with Gasteiger partial charge in [-0.25, -0.2) is 0 Å². The van der Waals surface area contributed by atoms with E-state index >= 15 is 0 Å². The van der Waals surface area contributed by atoms with E-state index in [1.165, 1.54) is 14.2 Å². The zero-order chi connectivity index (χ0) is 18.9. The highest BCUT2D eigenvalue weighted by Gasteiger charge is 2.22. The van der Waals surface area contributed by atoms with Crippen molar-refractivity contribution in [2.45, 2.75) is 25.7 Å². The predicted molar refractivity (Wildman–Crippen MR) is 101 cm³/mol. The van der Waals surface area contributed by atoms with Crippen molar-refractivity contribution in [1.29, 1.82) is 0 Å². The molecule has 0 aliphatic rings. The summed E-state index contributed by atoms with van der Waals surface area (Å²) < 4.78 is 9.68. The Morgan fingerprint density at radius 1 is 0.808 bits per heavy atom. The second-order valence-corrected chi connectivity index (χ2v) is 6.02. The van der Waals surface area contributed by atoms with E-state index in [0.29, 0.717) is 5.57 Å². The maximum absolute atomic E-state index is 12.0. The quantitative estimate of drug-likeness (QED) is 0.694. The van der Waals surface area contributed by atoms with Crippen LogP contribution in [0.15, 0.2) is 66.2 Å². The lowest BCUT2D eigenvalue weighted by Gasteiger charge is -2.22. The number of esters is 2. The Morgan fingerprint density at radius 2 is 1.27 bits per heavy atom. The molecule has 2 aromatic carbocycles. The van der Waals surface area contributed by atoms with Crippen LogP contribution in [0.2, 0.25) is 0 Å². The summed E-state index contributed by atoms with van der Waals surface area (Å²) in [6, 6.07) is 19.8. The number of carbonyl (C=O) groups is 2.